The molecular weight excluding hydrogens is 386 g/mol. The molecule has 2 fully saturated rings. The van der Waals surface area contributed by atoms with Crippen molar-refractivity contribution < 1.29 is 18.6 Å². The molecule has 1 aromatic carbocycles. The SMILES string of the molecule is C=C(C)/C(B1OC(C)(C)C(C)(C)O1)=C(/CCc1ccccc1)B1OC(C)(C)C(C)(C)O1. The maximum Gasteiger partial charge on any atom is 0.494 e. The van der Waals surface area contributed by atoms with Gasteiger partial charge in [0.25, 0.3) is 0 Å². The topological polar surface area (TPSA) is 36.9 Å². The molecule has 0 bridgehead atoms. The summed E-state index contributed by atoms with van der Waals surface area (Å²) in [5, 5.41) is 0. The molecule has 0 amide bonds. The van der Waals surface area contributed by atoms with Crippen molar-refractivity contribution in [2.24, 2.45) is 0 Å². The summed E-state index contributed by atoms with van der Waals surface area (Å²) in [4.78, 5) is 0. The molecule has 0 spiro atoms. The Balaban J connectivity index is 2.03. The fourth-order valence-electron chi connectivity index (χ4n) is 3.88. The second-order valence-corrected chi connectivity index (χ2v) is 10.9. The Hall–Kier alpha value is -1.33. The van der Waals surface area contributed by atoms with Crippen molar-refractivity contribution in [3.8, 4) is 0 Å². The number of hydrogen-bond donors (Lipinski definition) is 0. The summed E-state index contributed by atoms with van der Waals surface area (Å²) in [5.41, 5.74) is 2.47. The van der Waals surface area contributed by atoms with Gasteiger partial charge in [-0.2, -0.15) is 0 Å². The lowest BCUT2D eigenvalue weighted by atomic mass is 9.61. The molecule has 4 nitrogen and oxygen atoms in total. The first-order valence-electron chi connectivity index (χ1n) is 11.3. The van der Waals surface area contributed by atoms with Crippen LogP contribution in [0.15, 0.2) is 53.4 Å². The van der Waals surface area contributed by atoms with Crippen LogP contribution in [-0.2, 0) is 25.0 Å². The van der Waals surface area contributed by atoms with Crippen LogP contribution in [0.1, 0.15) is 74.3 Å². The quantitative estimate of drug-likeness (QED) is 0.430. The zero-order valence-electron chi connectivity index (χ0n) is 20.8. The Kier molecular flexibility index (Phi) is 6.45. The average Bonchev–Trinajstić information content (AvgIpc) is 2.98. The highest BCUT2D eigenvalue weighted by Crippen LogP contribution is 2.44. The van der Waals surface area contributed by atoms with Gasteiger partial charge in [-0.25, -0.2) is 0 Å². The predicted molar refractivity (Wildman–Crippen MR) is 129 cm³/mol. The first kappa shape index (κ1) is 24.3. The maximum atomic E-state index is 6.48. The largest absolute Gasteiger partial charge is 0.494 e. The number of hydrogen-bond acceptors (Lipinski definition) is 4. The van der Waals surface area contributed by atoms with Crippen LogP contribution in [0.5, 0.6) is 0 Å². The summed E-state index contributed by atoms with van der Waals surface area (Å²) >= 11 is 0. The first-order valence-corrected chi connectivity index (χ1v) is 11.3. The van der Waals surface area contributed by atoms with E-state index in [2.05, 4.69) is 86.2 Å². The van der Waals surface area contributed by atoms with Crippen LogP contribution in [-0.4, -0.2) is 36.6 Å². The number of aryl methyl sites for hydroxylation is 1. The molecule has 2 aliphatic heterocycles. The van der Waals surface area contributed by atoms with Crippen molar-refractivity contribution >= 4 is 14.2 Å². The third-order valence-corrected chi connectivity index (χ3v) is 7.36. The zero-order chi connectivity index (χ0) is 23.2. The van der Waals surface area contributed by atoms with Gasteiger partial charge in [-0.1, -0.05) is 42.5 Å². The fourth-order valence-corrected chi connectivity index (χ4v) is 3.88. The monoisotopic (exact) mass is 424 g/mol. The molecular formula is C25H38B2O4. The number of rotatable bonds is 6. The van der Waals surface area contributed by atoms with Gasteiger partial charge in [0.2, 0.25) is 0 Å². The lowest BCUT2D eigenvalue weighted by molar-refractivity contribution is 0.00578. The van der Waals surface area contributed by atoms with E-state index in [1.807, 2.05) is 13.0 Å². The Morgan fingerprint density at radius 2 is 1.16 bits per heavy atom. The molecule has 0 aliphatic carbocycles. The van der Waals surface area contributed by atoms with Crippen LogP contribution < -0.4 is 0 Å². The molecule has 0 N–H and O–H groups in total. The molecule has 3 rings (SSSR count). The number of allylic oxidation sites excluding steroid dienone is 3. The predicted octanol–water partition coefficient (Wildman–Crippen LogP) is 5.75. The minimum absolute atomic E-state index is 0.425. The van der Waals surface area contributed by atoms with Crippen LogP contribution in [0.25, 0.3) is 0 Å². The number of benzene rings is 1. The normalized spacial score (nSPS) is 24.3. The van der Waals surface area contributed by atoms with Crippen molar-refractivity contribution in [3.63, 3.8) is 0 Å². The summed E-state index contributed by atoms with van der Waals surface area (Å²) < 4.78 is 25.8. The summed E-state index contributed by atoms with van der Waals surface area (Å²) in [6.07, 6.45) is 1.64. The molecule has 168 valence electrons. The fraction of sp³-hybridized carbons (Fsp3) is 0.600. The Labute approximate surface area is 189 Å². The van der Waals surface area contributed by atoms with Crippen molar-refractivity contribution in [3.05, 3.63) is 59.0 Å². The molecule has 6 heteroatoms. The Morgan fingerprint density at radius 1 is 0.742 bits per heavy atom. The van der Waals surface area contributed by atoms with Crippen molar-refractivity contribution in [2.45, 2.75) is 97.6 Å². The molecule has 0 aromatic heterocycles. The minimum Gasteiger partial charge on any atom is -0.400 e. The van der Waals surface area contributed by atoms with E-state index in [1.54, 1.807) is 0 Å². The molecule has 2 aliphatic rings. The molecule has 31 heavy (non-hydrogen) atoms. The van der Waals surface area contributed by atoms with Crippen LogP contribution in [0.4, 0.5) is 0 Å². The Morgan fingerprint density at radius 3 is 1.58 bits per heavy atom. The van der Waals surface area contributed by atoms with E-state index in [-0.39, 0.29) is 0 Å². The van der Waals surface area contributed by atoms with Gasteiger partial charge in [-0.05, 0) is 91.7 Å². The molecule has 2 saturated heterocycles. The van der Waals surface area contributed by atoms with Crippen LogP contribution in [0.3, 0.4) is 0 Å². The molecule has 1 aromatic rings. The van der Waals surface area contributed by atoms with Gasteiger partial charge in [0.15, 0.2) is 0 Å². The van der Waals surface area contributed by atoms with Crippen LogP contribution >= 0.6 is 0 Å². The third-order valence-electron chi connectivity index (χ3n) is 7.36. The molecule has 0 atom stereocenters. The van der Waals surface area contributed by atoms with Crippen molar-refractivity contribution in [1.29, 1.82) is 0 Å². The van der Waals surface area contributed by atoms with Gasteiger partial charge in [0.05, 0.1) is 22.4 Å². The smallest absolute Gasteiger partial charge is 0.400 e. The highest BCUT2D eigenvalue weighted by atomic mass is 16.7. The van der Waals surface area contributed by atoms with Gasteiger partial charge in [-0.15, -0.1) is 0 Å². The van der Waals surface area contributed by atoms with Gasteiger partial charge < -0.3 is 18.6 Å². The van der Waals surface area contributed by atoms with E-state index in [0.717, 1.165) is 29.4 Å². The summed E-state index contributed by atoms with van der Waals surface area (Å²) in [7, 11) is -0.980. The third kappa shape index (κ3) is 4.73. The van der Waals surface area contributed by atoms with Crippen LogP contribution in [0.2, 0.25) is 0 Å². The standard InChI is InChI=1S/C25H38B2O4/c1-18(2)21(27-30-24(7,8)25(9,10)31-27)20(17-16-19-14-12-11-13-15-19)26-28-22(3,4)23(5,6)29-26/h11-15H,1,16-17H2,2-10H3/b21-20+. The lowest BCUT2D eigenvalue weighted by Gasteiger charge is -2.32. The second kappa shape index (κ2) is 8.22. The van der Waals surface area contributed by atoms with E-state index in [9.17, 15) is 0 Å². The zero-order valence-corrected chi connectivity index (χ0v) is 20.8. The summed E-state index contributed by atoms with van der Waals surface area (Å²) in [6.45, 7) is 22.9. The highest BCUT2D eigenvalue weighted by Gasteiger charge is 2.56. The van der Waals surface area contributed by atoms with Gasteiger partial charge in [0, 0.05) is 0 Å². The van der Waals surface area contributed by atoms with Gasteiger partial charge in [0.1, 0.15) is 0 Å². The second-order valence-electron chi connectivity index (χ2n) is 10.9. The van der Waals surface area contributed by atoms with Crippen LogP contribution in [0, 0.1) is 0 Å². The van der Waals surface area contributed by atoms with Gasteiger partial charge in [-0.3, -0.25) is 0 Å². The summed E-state index contributed by atoms with van der Waals surface area (Å²) in [5.74, 6) is 0. The van der Waals surface area contributed by atoms with E-state index in [0.29, 0.717) is 0 Å². The maximum absolute atomic E-state index is 6.48. The minimum atomic E-state index is -0.507. The lowest BCUT2D eigenvalue weighted by Crippen LogP contribution is -2.41. The Bertz CT molecular complexity index is 824. The van der Waals surface area contributed by atoms with Crippen molar-refractivity contribution in [1.82, 2.24) is 0 Å². The van der Waals surface area contributed by atoms with E-state index >= 15 is 0 Å². The van der Waals surface area contributed by atoms with E-state index in [1.165, 1.54) is 5.56 Å². The summed E-state index contributed by atoms with van der Waals surface area (Å²) in [6, 6.07) is 10.5. The van der Waals surface area contributed by atoms with Gasteiger partial charge >= 0.3 is 14.2 Å². The molecule has 0 unspecified atom stereocenters. The molecule has 0 saturated carbocycles. The highest BCUT2D eigenvalue weighted by molar-refractivity contribution is 6.63. The van der Waals surface area contributed by atoms with Crippen molar-refractivity contribution in [2.75, 3.05) is 0 Å². The van der Waals surface area contributed by atoms with E-state index in [4.69, 9.17) is 18.6 Å². The van der Waals surface area contributed by atoms with E-state index < -0.39 is 36.6 Å². The average molecular weight is 424 g/mol. The molecule has 0 radical (unpaired) electrons. The molecule has 2 heterocycles. The first-order chi connectivity index (χ1) is 14.2.